The highest BCUT2D eigenvalue weighted by Crippen LogP contribution is 2.22. The van der Waals surface area contributed by atoms with Gasteiger partial charge < -0.3 is 9.63 Å². The van der Waals surface area contributed by atoms with Gasteiger partial charge in [-0.2, -0.15) is 4.98 Å². The van der Waals surface area contributed by atoms with Gasteiger partial charge >= 0.3 is 5.97 Å². The van der Waals surface area contributed by atoms with Crippen molar-refractivity contribution in [3.05, 3.63) is 59.9 Å². The van der Waals surface area contributed by atoms with E-state index >= 15 is 0 Å². The zero-order chi connectivity index (χ0) is 14.8. The van der Waals surface area contributed by atoms with Crippen LogP contribution >= 0.6 is 0 Å². The molecule has 3 rings (SSSR count). The van der Waals surface area contributed by atoms with Crippen LogP contribution in [0.1, 0.15) is 10.4 Å². The highest BCUT2D eigenvalue weighted by atomic mass is 19.1. The van der Waals surface area contributed by atoms with Gasteiger partial charge in [-0.05, 0) is 36.4 Å². The first-order chi connectivity index (χ1) is 10.1. The van der Waals surface area contributed by atoms with Crippen LogP contribution in [0.5, 0.6) is 0 Å². The molecule has 0 spiro atoms. The van der Waals surface area contributed by atoms with Crippen molar-refractivity contribution in [1.82, 2.24) is 10.1 Å². The number of carboxylic acid groups (broad SMARTS) is 1. The van der Waals surface area contributed by atoms with Crippen LogP contribution in [-0.2, 0) is 0 Å². The summed E-state index contributed by atoms with van der Waals surface area (Å²) in [6, 6.07) is 11.9. The highest BCUT2D eigenvalue weighted by Gasteiger charge is 2.11. The van der Waals surface area contributed by atoms with Crippen LogP contribution < -0.4 is 0 Å². The predicted octanol–water partition coefficient (Wildman–Crippen LogP) is 3.24. The topological polar surface area (TPSA) is 76.2 Å². The molecule has 3 aromatic rings. The Morgan fingerprint density at radius 2 is 1.86 bits per heavy atom. The summed E-state index contributed by atoms with van der Waals surface area (Å²) in [4.78, 5) is 15.0. The zero-order valence-electron chi connectivity index (χ0n) is 10.7. The Labute approximate surface area is 118 Å². The maximum Gasteiger partial charge on any atom is 0.335 e. The summed E-state index contributed by atoms with van der Waals surface area (Å²) < 4.78 is 18.3. The zero-order valence-corrected chi connectivity index (χ0v) is 10.7. The number of halogens is 1. The van der Waals surface area contributed by atoms with Crippen LogP contribution in [0.15, 0.2) is 53.1 Å². The fraction of sp³-hybridized carbons (Fsp3) is 0. The quantitative estimate of drug-likeness (QED) is 0.799. The number of aromatic carboxylic acids is 1. The molecule has 0 saturated carbocycles. The molecule has 0 aliphatic carbocycles. The van der Waals surface area contributed by atoms with Crippen molar-refractivity contribution >= 4 is 5.97 Å². The third-order valence-corrected chi connectivity index (χ3v) is 2.89. The molecule has 0 fully saturated rings. The van der Waals surface area contributed by atoms with Crippen LogP contribution in [0.3, 0.4) is 0 Å². The van der Waals surface area contributed by atoms with Crippen molar-refractivity contribution < 1.29 is 18.8 Å². The van der Waals surface area contributed by atoms with Crippen LogP contribution in [0, 0.1) is 5.82 Å². The van der Waals surface area contributed by atoms with E-state index in [4.69, 9.17) is 9.63 Å². The second-order valence-electron chi connectivity index (χ2n) is 4.32. The minimum atomic E-state index is -1.01. The smallest absolute Gasteiger partial charge is 0.335 e. The largest absolute Gasteiger partial charge is 0.478 e. The number of carboxylic acids is 1. The number of nitrogens with zero attached hydrogens (tertiary/aromatic N) is 2. The molecule has 0 unspecified atom stereocenters. The maximum atomic E-state index is 13.2. The van der Waals surface area contributed by atoms with Crippen LogP contribution in [0.2, 0.25) is 0 Å². The van der Waals surface area contributed by atoms with E-state index in [1.165, 1.54) is 24.3 Å². The minimum absolute atomic E-state index is 0.170. The van der Waals surface area contributed by atoms with Gasteiger partial charge in [0, 0.05) is 11.1 Å². The van der Waals surface area contributed by atoms with E-state index in [-0.39, 0.29) is 23.1 Å². The summed E-state index contributed by atoms with van der Waals surface area (Å²) in [7, 11) is 0. The van der Waals surface area contributed by atoms with E-state index < -0.39 is 5.97 Å². The molecule has 21 heavy (non-hydrogen) atoms. The molecule has 6 heteroatoms. The molecule has 0 aliphatic heterocycles. The van der Waals surface area contributed by atoms with Gasteiger partial charge in [-0.15, -0.1) is 0 Å². The first kappa shape index (κ1) is 13.0. The Bertz CT molecular complexity index is 797. The summed E-state index contributed by atoms with van der Waals surface area (Å²) in [5, 5.41) is 12.6. The van der Waals surface area contributed by atoms with Gasteiger partial charge in [0.2, 0.25) is 5.82 Å². The third kappa shape index (κ3) is 2.64. The molecular formula is C15H9FN2O3. The lowest BCUT2D eigenvalue weighted by molar-refractivity contribution is 0.0697. The second-order valence-corrected chi connectivity index (χ2v) is 4.32. The third-order valence-electron chi connectivity index (χ3n) is 2.89. The van der Waals surface area contributed by atoms with Crippen molar-refractivity contribution in [1.29, 1.82) is 0 Å². The fourth-order valence-corrected chi connectivity index (χ4v) is 1.84. The molecule has 104 valence electrons. The van der Waals surface area contributed by atoms with E-state index in [9.17, 15) is 9.18 Å². The number of hydrogen-bond donors (Lipinski definition) is 1. The SMILES string of the molecule is O=C(O)c1ccc(-c2nc(-c3cccc(F)c3)no2)cc1. The summed E-state index contributed by atoms with van der Waals surface area (Å²) in [5.41, 5.74) is 1.27. The maximum absolute atomic E-state index is 13.2. The molecule has 5 nitrogen and oxygen atoms in total. The molecule has 0 bridgehead atoms. The van der Waals surface area contributed by atoms with Crippen molar-refractivity contribution in [3.8, 4) is 22.8 Å². The molecule has 0 radical (unpaired) electrons. The van der Waals surface area contributed by atoms with Gasteiger partial charge in [-0.25, -0.2) is 9.18 Å². The van der Waals surface area contributed by atoms with Gasteiger partial charge in [0.1, 0.15) is 5.82 Å². The average Bonchev–Trinajstić information content (AvgIpc) is 2.97. The second kappa shape index (κ2) is 5.16. The molecule has 2 aromatic carbocycles. The molecule has 0 saturated heterocycles. The molecular weight excluding hydrogens is 275 g/mol. The summed E-state index contributed by atoms with van der Waals surface area (Å²) >= 11 is 0. The molecule has 0 amide bonds. The molecule has 0 aliphatic rings. The lowest BCUT2D eigenvalue weighted by atomic mass is 10.1. The Morgan fingerprint density at radius 1 is 1.10 bits per heavy atom. The fourth-order valence-electron chi connectivity index (χ4n) is 1.84. The van der Waals surface area contributed by atoms with Gasteiger partial charge in [0.05, 0.1) is 5.56 Å². The lowest BCUT2D eigenvalue weighted by Crippen LogP contribution is -1.94. The van der Waals surface area contributed by atoms with Gasteiger partial charge in [0.15, 0.2) is 0 Å². The molecule has 1 N–H and O–H groups in total. The Hall–Kier alpha value is -3.02. The summed E-state index contributed by atoms with van der Waals surface area (Å²) in [5.74, 6) is -0.879. The first-order valence-electron chi connectivity index (χ1n) is 6.07. The Kier molecular flexibility index (Phi) is 3.19. The van der Waals surface area contributed by atoms with Crippen molar-refractivity contribution in [2.45, 2.75) is 0 Å². The minimum Gasteiger partial charge on any atom is -0.478 e. The summed E-state index contributed by atoms with van der Waals surface area (Å²) in [6.07, 6.45) is 0. The monoisotopic (exact) mass is 284 g/mol. The van der Waals surface area contributed by atoms with Crippen molar-refractivity contribution in [2.24, 2.45) is 0 Å². The summed E-state index contributed by atoms with van der Waals surface area (Å²) in [6.45, 7) is 0. The molecule has 0 atom stereocenters. The predicted molar refractivity (Wildman–Crippen MR) is 72.1 cm³/mol. The average molecular weight is 284 g/mol. The standard InChI is InChI=1S/C15H9FN2O3/c16-12-3-1-2-11(8-12)13-17-14(21-18-13)9-4-6-10(7-5-9)15(19)20/h1-8H,(H,19,20). The van der Waals surface area contributed by atoms with E-state index in [0.717, 1.165) is 0 Å². The van der Waals surface area contributed by atoms with E-state index in [1.807, 2.05) is 0 Å². The number of carbonyl (C=O) groups is 1. The van der Waals surface area contributed by atoms with E-state index in [1.54, 1.807) is 24.3 Å². The normalized spacial score (nSPS) is 10.5. The van der Waals surface area contributed by atoms with E-state index in [0.29, 0.717) is 11.1 Å². The number of benzene rings is 2. The van der Waals surface area contributed by atoms with Gasteiger partial charge in [-0.1, -0.05) is 17.3 Å². The van der Waals surface area contributed by atoms with Crippen LogP contribution in [0.25, 0.3) is 22.8 Å². The Morgan fingerprint density at radius 3 is 2.52 bits per heavy atom. The van der Waals surface area contributed by atoms with Crippen molar-refractivity contribution in [2.75, 3.05) is 0 Å². The van der Waals surface area contributed by atoms with Gasteiger partial charge in [-0.3, -0.25) is 0 Å². The number of aromatic nitrogens is 2. The first-order valence-corrected chi connectivity index (χ1v) is 6.07. The highest BCUT2D eigenvalue weighted by molar-refractivity contribution is 5.88. The number of hydrogen-bond acceptors (Lipinski definition) is 4. The van der Waals surface area contributed by atoms with Crippen LogP contribution in [0.4, 0.5) is 4.39 Å². The van der Waals surface area contributed by atoms with Crippen LogP contribution in [-0.4, -0.2) is 21.2 Å². The number of rotatable bonds is 3. The lowest BCUT2D eigenvalue weighted by Gasteiger charge is -1.96. The van der Waals surface area contributed by atoms with Crippen molar-refractivity contribution in [3.63, 3.8) is 0 Å². The molecule has 1 heterocycles. The van der Waals surface area contributed by atoms with E-state index in [2.05, 4.69) is 10.1 Å². The Balaban J connectivity index is 1.93. The molecule has 1 aromatic heterocycles. The van der Waals surface area contributed by atoms with Gasteiger partial charge in [0.25, 0.3) is 5.89 Å².